The van der Waals surface area contributed by atoms with Crippen molar-refractivity contribution < 1.29 is 18.0 Å². The van der Waals surface area contributed by atoms with Crippen molar-refractivity contribution in [2.24, 2.45) is 7.05 Å². The lowest BCUT2D eigenvalue weighted by Gasteiger charge is -2.16. The predicted molar refractivity (Wildman–Crippen MR) is 94.9 cm³/mol. The van der Waals surface area contributed by atoms with Crippen molar-refractivity contribution >= 4 is 17.5 Å². The van der Waals surface area contributed by atoms with Crippen molar-refractivity contribution in [1.29, 1.82) is 0 Å². The number of rotatable bonds is 4. The van der Waals surface area contributed by atoms with Gasteiger partial charge in [0.15, 0.2) is 5.69 Å². The van der Waals surface area contributed by atoms with E-state index in [2.05, 4.69) is 10.4 Å². The van der Waals surface area contributed by atoms with E-state index in [-0.39, 0.29) is 5.69 Å². The third kappa shape index (κ3) is 3.85. The van der Waals surface area contributed by atoms with Crippen LogP contribution in [-0.2, 0) is 13.2 Å². The van der Waals surface area contributed by atoms with Crippen LogP contribution in [0.5, 0.6) is 0 Å². The van der Waals surface area contributed by atoms with Gasteiger partial charge in [-0.25, -0.2) is 0 Å². The number of halogens is 4. The Balaban J connectivity index is 1.83. The minimum atomic E-state index is -4.73. The van der Waals surface area contributed by atoms with Gasteiger partial charge in [0.1, 0.15) is 10.7 Å². The SMILES string of the molecule is CC(NC(=O)c1c(Cl)c(C(F)(F)F)nn1C)c1cccc(-n2cccc2)c1. The summed E-state index contributed by atoms with van der Waals surface area (Å²) in [6.45, 7) is 1.74. The second-order valence-electron chi connectivity index (χ2n) is 6.01. The van der Waals surface area contributed by atoms with Crippen LogP contribution in [0.1, 0.15) is 34.7 Å². The smallest absolute Gasteiger partial charge is 0.344 e. The molecule has 1 N–H and O–H groups in total. The fraction of sp³-hybridized carbons (Fsp3) is 0.222. The highest BCUT2D eigenvalue weighted by Gasteiger charge is 2.39. The average molecular weight is 397 g/mol. The summed E-state index contributed by atoms with van der Waals surface area (Å²) in [4.78, 5) is 12.5. The first kappa shape index (κ1) is 19.0. The number of nitrogens with one attached hydrogen (secondary N) is 1. The van der Waals surface area contributed by atoms with Gasteiger partial charge in [0.05, 0.1) is 6.04 Å². The summed E-state index contributed by atoms with van der Waals surface area (Å²) < 4.78 is 41.5. The standard InChI is InChI=1S/C18H16ClF3N4O/c1-11(12-6-5-7-13(10-12)26-8-3-4-9-26)23-17(27)15-14(19)16(18(20,21)22)24-25(15)2/h3-11H,1-2H3,(H,23,27). The summed E-state index contributed by atoms with van der Waals surface area (Å²) >= 11 is 5.76. The van der Waals surface area contributed by atoms with Crippen LogP contribution >= 0.6 is 11.6 Å². The van der Waals surface area contributed by atoms with Crippen molar-refractivity contribution in [2.45, 2.75) is 19.1 Å². The maximum absolute atomic E-state index is 12.9. The van der Waals surface area contributed by atoms with E-state index in [0.717, 1.165) is 15.9 Å². The topological polar surface area (TPSA) is 51.9 Å². The maximum atomic E-state index is 12.9. The number of aryl methyl sites for hydroxylation is 1. The number of carbonyl (C=O) groups excluding carboxylic acids is 1. The molecule has 142 valence electrons. The van der Waals surface area contributed by atoms with Gasteiger partial charge in [0, 0.05) is 25.1 Å². The molecule has 1 unspecified atom stereocenters. The zero-order chi connectivity index (χ0) is 19.8. The van der Waals surface area contributed by atoms with E-state index < -0.39 is 28.8 Å². The van der Waals surface area contributed by atoms with E-state index in [1.54, 1.807) is 6.92 Å². The number of aromatic nitrogens is 3. The van der Waals surface area contributed by atoms with Gasteiger partial charge in [-0.05, 0) is 36.8 Å². The van der Waals surface area contributed by atoms with E-state index in [0.29, 0.717) is 0 Å². The molecule has 0 bridgehead atoms. The summed E-state index contributed by atoms with van der Waals surface area (Å²) in [5.74, 6) is -0.732. The number of benzene rings is 1. The van der Waals surface area contributed by atoms with Crippen LogP contribution in [0.4, 0.5) is 13.2 Å². The second-order valence-corrected chi connectivity index (χ2v) is 6.39. The number of carbonyl (C=O) groups is 1. The predicted octanol–water partition coefficient (Wildman–Crippen LogP) is 4.37. The molecule has 1 atom stereocenters. The first-order chi connectivity index (χ1) is 12.7. The molecule has 2 aromatic heterocycles. The lowest BCUT2D eigenvalue weighted by molar-refractivity contribution is -0.141. The Hall–Kier alpha value is -2.74. The van der Waals surface area contributed by atoms with Crippen LogP contribution in [0.15, 0.2) is 48.8 Å². The van der Waals surface area contributed by atoms with Gasteiger partial charge in [-0.1, -0.05) is 23.7 Å². The highest BCUT2D eigenvalue weighted by Crippen LogP contribution is 2.35. The third-order valence-electron chi connectivity index (χ3n) is 4.09. The van der Waals surface area contributed by atoms with Crippen LogP contribution in [-0.4, -0.2) is 20.3 Å². The van der Waals surface area contributed by atoms with Crippen LogP contribution in [0.2, 0.25) is 5.02 Å². The van der Waals surface area contributed by atoms with Gasteiger partial charge in [-0.15, -0.1) is 0 Å². The Bertz CT molecular complexity index is 964. The fourth-order valence-corrected chi connectivity index (χ4v) is 3.09. The molecule has 1 aromatic carbocycles. The van der Waals surface area contributed by atoms with Gasteiger partial charge in [0.25, 0.3) is 5.91 Å². The molecule has 0 spiro atoms. The molecule has 3 aromatic rings. The van der Waals surface area contributed by atoms with E-state index >= 15 is 0 Å². The van der Waals surface area contributed by atoms with Crippen LogP contribution in [0, 0.1) is 0 Å². The molecule has 0 radical (unpaired) electrons. The van der Waals surface area contributed by atoms with E-state index in [1.165, 1.54) is 7.05 Å². The number of hydrogen-bond acceptors (Lipinski definition) is 2. The maximum Gasteiger partial charge on any atom is 0.436 e. The minimum absolute atomic E-state index is 0.336. The lowest BCUT2D eigenvalue weighted by Crippen LogP contribution is -2.28. The summed E-state index contributed by atoms with van der Waals surface area (Å²) in [6, 6.07) is 10.8. The van der Waals surface area contributed by atoms with Crippen molar-refractivity contribution in [3.05, 3.63) is 70.8 Å². The number of nitrogens with zero attached hydrogens (tertiary/aromatic N) is 3. The molecule has 0 fully saturated rings. The van der Waals surface area contributed by atoms with Crippen LogP contribution in [0.3, 0.4) is 0 Å². The molecule has 9 heteroatoms. The van der Waals surface area contributed by atoms with Crippen molar-refractivity contribution in [2.75, 3.05) is 0 Å². The Morgan fingerprint density at radius 1 is 1.22 bits per heavy atom. The van der Waals surface area contributed by atoms with Gasteiger partial charge >= 0.3 is 6.18 Å². The van der Waals surface area contributed by atoms with Gasteiger partial charge < -0.3 is 9.88 Å². The van der Waals surface area contributed by atoms with Gasteiger partial charge in [-0.2, -0.15) is 18.3 Å². The summed E-state index contributed by atoms with van der Waals surface area (Å²) in [5, 5.41) is 5.28. The Labute approximate surface area is 158 Å². The third-order valence-corrected chi connectivity index (χ3v) is 4.45. The Morgan fingerprint density at radius 2 is 1.89 bits per heavy atom. The molecule has 0 aliphatic rings. The molecule has 27 heavy (non-hydrogen) atoms. The van der Waals surface area contributed by atoms with E-state index in [9.17, 15) is 18.0 Å². The molecule has 3 rings (SSSR count). The minimum Gasteiger partial charge on any atom is -0.344 e. The molecule has 2 heterocycles. The van der Waals surface area contributed by atoms with Crippen molar-refractivity contribution in [1.82, 2.24) is 19.7 Å². The molecule has 0 saturated heterocycles. The molecule has 1 amide bonds. The van der Waals surface area contributed by atoms with Gasteiger partial charge in [0.2, 0.25) is 0 Å². The number of hydrogen-bond donors (Lipinski definition) is 1. The molecule has 5 nitrogen and oxygen atoms in total. The normalized spacial score (nSPS) is 12.8. The number of alkyl halides is 3. The summed E-state index contributed by atoms with van der Waals surface area (Å²) in [7, 11) is 1.24. The van der Waals surface area contributed by atoms with Crippen LogP contribution in [0.25, 0.3) is 5.69 Å². The quantitative estimate of drug-likeness (QED) is 0.711. The Kier molecular flexibility index (Phi) is 5.01. The molecule has 0 aliphatic heterocycles. The summed E-state index contributed by atoms with van der Waals surface area (Å²) in [5.41, 5.74) is 0.0805. The highest BCUT2D eigenvalue weighted by molar-refractivity contribution is 6.34. The Morgan fingerprint density at radius 3 is 2.48 bits per heavy atom. The first-order valence-corrected chi connectivity index (χ1v) is 8.40. The van der Waals surface area contributed by atoms with Crippen molar-refractivity contribution in [3.63, 3.8) is 0 Å². The lowest BCUT2D eigenvalue weighted by atomic mass is 10.1. The molecular weight excluding hydrogens is 381 g/mol. The zero-order valence-electron chi connectivity index (χ0n) is 14.5. The average Bonchev–Trinajstić information content (AvgIpc) is 3.22. The summed E-state index contributed by atoms with van der Waals surface area (Å²) in [6.07, 6.45) is -0.961. The van der Waals surface area contributed by atoms with Crippen LogP contribution < -0.4 is 5.32 Å². The zero-order valence-corrected chi connectivity index (χ0v) is 15.2. The molecule has 0 aliphatic carbocycles. The highest BCUT2D eigenvalue weighted by atomic mass is 35.5. The molecule has 0 saturated carbocycles. The first-order valence-electron chi connectivity index (χ1n) is 8.02. The van der Waals surface area contributed by atoms with E-state index in [4.69, 9.17) is 11.6 Å². The monoisotopic (exact) mass is 396 g/mol. The van der Waals surface area contributed by atoms with Gasteiger partial charge in [-0.3, -0.25) is 9.48 Å². The second kappa shape index (κ2) is 7.11. The van der Waals surface area contributed by atoms with E-state index in [1.807, 2.05) is 53.4 Å². The fourth-order valence-electron chi connectivity index (χ4n) is 2.74. The van der Waals surface area contributed by atoms with Crippen molar-refractivity contribution in [3.8, 4) is 5.69 Å². The molecular formula is C18H16ClF3N4O. The largest absolute Gasteiger partial charge is 0.436 e. The number of amides is 1.